The minimum absolute atomic E-state index is 0. The third kappa shape index (κ3) is 6.83. The van der Waals surface area contributed by atoms with Gasteiger partial charge in [0.1, 0.15) is 12.1 Å². The van der Waals surface area contributed by atoms with E-state index >= 15 is 0 Å². The largest absolute Gasteiger partial charge is 0.364 e. The number of guanidine groups is 1. The van der Waals surface area contributed by atoms with Gasteiger partial charge in [-0.15, -0.1) is 24.0 Å². The first-order valence-corrected chi connectivity index (χ1v) is 10.6. The highest BCUT2D eigenvalue weighted by atomic mass is 127. The molecule has 3 heterocycles. The predicted molar refractivity (Wildman–Crippen MR) is 131 cm³/mol. The third-order valence-electron chi connectivity index (χ3n) is 5.19. The monoisotopic (exact) mass is 527 g/mol. The Morgan fingerprint density at radius 3 is 2.47 bits per heavy atom. The average molecular weight is 527 g/mol. The quantitative estimate of drug-likeness (QED) is 0.322. The molecule has 2 aromatic rings. The molecule has 0 bridgehead atoms. The van der Waals surface area contributed by atoms with Gasteiger partial charge < -0.3 is 19.6 Å². The molecule has 9 heteroatoms. The van der Waals surface area contributed by atoms with Crippen LogP contribution < -0.4 is 10.2 Å². The summed E-state index contributed by atoms with van der Waals surface area (Å²) in [6.45, 7) is 14.5. The van der Waals surface area contributed by atoms with Gasteiger partial charge in [-0.25, -0.2) is 9.98 Å². The van der Waals surface area contributed by atoms with Crippen LogP contribution in [0.1, 0.15) is 32.0 Å². The Bertz CT molecular complexity index is 739. The standard InChI is InChI=1S/C21H33N7O.HI/c1-4-22-21(24-16-18-7-8-20(23-15-18)27(5-2)6-3)28-12-10-26(11-13-28)17-19-9-14-29-25-19;/h7-9,14-15H,4-6,10-13,16-17H2,1-3H3,(H,22,24);1H. The van der Waals surface area contributed by atoms with Gasteiger partial charge in [0.15, 0.2) is 5.96 Å². The van der Waals surface area contributed by atoms with E-state index in [4.69, 9.17) is 9.52 Å². The van der Waals surface area contributed by atoms with Crippen molar-refractivity contribution in [2.75, 3.05) is 50.7 Å². The number of nitrogens with zero attached hydrogens (tertiary/aromatic N) is 6. The third-order valence-corrected chi connectivity index (χ3v) is 5.19. The number of halogens is 1. The molecule has 166 valence electrons. The molecule has 3 rings (SSSR count). The zero-order chi connectivity index (χ0) is 20.5. The maximum atomic E-state index is 4.93. The van der Waals surface area contributed by atoms with Crippen molar-refractivity contribution in [2.24, 2.45) is 4.99 Å². The van der Waals surface area contributed by atoms with Crippen molar-refractivity contribution in [1.82, 2.24) is 25.3 Å². The summed E-state index contributed by atoms with van der Waals surface area (Å²) in [6.07, 6.45) is 3.57. The van der Waals surface area contributed by atoms with Crippen LogP contribution in [0.3, 0.4) is 0 Å². The van der Waals surface area contributed by atoms with Gasteiger partial charge in [-0.3, -0.25) is 4.90 Å². The summed E-state index contributed by atoms with van der Waals surface area (Å²) in [6, 6.07) is 6.15. The molecule has 0 unspecified atom stereocenters. The molecule has 30 heavy (non-hydrogen) atoms. The average Bonchev–Trinajstić information content (AvgIpc) is 3.27. The van der Waals surface area contributed by atoms with Crippen LogP contribution in [-0.2, 0) is 13.1 Å². The van der Waals surface area contributed by atoms with E-state index in [2.05, 4.69) is 63.1 Å². The van der Waals surface area contributed by atoms with E-state index in [1.54, 1.807) is 6.26 Å². The Morgan fingerprint density at radius 1 is 1.13 bits per heavy atom. The molecule has 0 amide bonds. The van der Waals surface area contributed by atoms with Crippen LogP contribution in [-0.4, -0.2) is 71.7 Å². The summed E-state index contributed by atoms with van der Waals surface area (Å²) in [4.78, 5) is 16.4. The zero-order valence-corrected chi connectivity index (χ0v) is 20.6. The smallest absolute Gasteiger partial charge is 0.194 e. The van der Waals surface area contributed by atoms with Crippen molar-refractivity contribution >= 4 is 35.8 Å². The second-order valence-corrected chi connectivity index (χ2v) is 7.12. The molecule has 0 saturated carbocycles. The number of anilines is 1. The minimum Gasteiger partial charge on any atom is -0.364 e. The molecule has 1 saturated heterocycles. The Kier molecular flexibility index (Phi) is 10.4. The number of piperazine rings is 1. The number of hydrogen-bond acceptors (Lipinski definition) is 6. The van der Waals surface area contributed by atoms with Crippen molar-refractivity contribution in [2.45, 2.75) is 33.9 Å². The highest BCUT2D eigenvalue weighted by molar-refractivity contribution is 14.0. The van der Waals surface area contributed by atoms with E-state index in [1.807, 2.05) is 12.3 Å². The molecular weight excluding hydrogens is 493 g/mol. The maximum absolute atomic E-state index is 4.93. The molecule has 2 aromatic heterocycles. The van der Waals surface area contributed by atoms with E-state index in [1.165, 1.54) is 0 Å². The van der Waals surface area contributed by atoms with Gasteiger partial charge >= 0.3 is 0 Å². The van der Waals surface area contributed by atoms with Gasteiger partial charge in [-0.1, -0.05) is 11.2 Å². The second kappa shape index (κ2) is 12.7. The summed E-state index contributed by atoms with van der Waals surface area (Å²) in [7, 11) is 0. The van der Waals surface area contributed by atoms with Gasteiger partial charge in [0.2, 0.25) is 0 Å². The predicted octanol–water partition coefficient (Wildman–Crippen LogP) is 2.82. The molecule has 0 spiro atoms. The lowest BCUT2D eigenvalue weighted by Gasteiger charge is -2.36. The Labute approximate surface area is 196 Å². The lowest BCUT2D eigenvalue weighted by atomic mass is 10.2. The second-order valence-electron chi connectivity index (χ2n) is 7.12. The fourth-order valence-corrected chi connectivity index (χ4v) is 3.50. The number of aromatic nitrogens is 2. The van der Waals surface area contributed by atoms with Gasteiger partial charge in [-0.05, 0) is 32.4 Å². The minimum atomic E-state index is 0. The summed E-state index contributed by atoms with van der Waals surface area (Å²) in [5.41, 5.74) is 2.11. The molecule has 8 nitrogen and oxygen atoms in total. The van der Waals surface area contributed by atoms with Crippen LogP contribution in [0.2, 0.25) is 0 Å². The molecule has 1 N–H and O–H groups in total. The van der Waals surface area contributed by atoms with E-state index in [-0.39, 0.29) is 24.0 Å². The highest BCUT2D eigenvalue weighted by Crippen LogP contribution is 2.12. The Balaban J connectivity index is 0.00000320. The van der Waals surface area contributed by atoms with Crippen LogP contribution in [0.25, 0.3) is 0 Å². The lowest BCUT2D eigenvalue weighted by Crippen LogP contribution is -2.52. The SMILES string of the molecule is CCNC(=NCc1ccc(N(CC)CC)nc1)N1CCN(Cc2ccon2)CC1.I. The molecule has 0 radical (unpaired) electrons. The van der Waals surface area contributed by atoms with E-state index in [0.717, 1.165) is 75.4 Å². The van der Waals surface area contributed by atoms with Gasteiger partial charge in [0.25, 0.3) is 0 Å². The summed E-state index contributed by atoms with van der Waals surface area (Å²) >= 11 is 0. The topological polar surface area (TPSA) is 73.0 Å². The Morgan fingerprint density at radius 2 is 1.90 bits per heavy atom. The van der Waals surface area contributed by atoms with E-state index in [9.17, 15) is 0 Å². The van der Waals surface area contributed by atoms with Gasteiger partial charge in [-0.2, -0.15) is 0 Å². The number of hydrogen-bond donors (Lipinski definition) is 1. The van der Waals surface area contributed by atoms with Crippen LogP contribution in [0.5, 0.6) is 0 Å². The summed E-state index contributed by atoms with van der Waals surface area (Å²) < 4.78 is 4.93. The maximum Gasteiger partial charge on any atom is 0.194 e. The lowest BCUT2D eigenvalue weighted by molar-refractivity contribution is 0.169. The normalized spacial score (nSPS) is 15.0. The number of aliphatic imine (C=N–C) groups is 1. The molecule has 0 aromatic carbocycles. The van der Waals surface area contributed by atoms with Crippen LogP contribution in [0, 0.1) is 0 Å². The highest BCUT2D eigenvalue weighted by Gasteiger charge is 2.20. The van der Waals surface area contributed by atoms with E-state index in [0.29, 0.717) is 6.54 Å². The van der Waals surface area contributed by atoms with Crippen molar-refractivity contribution in [1.29, 1.82) is 0 Å². The first kappa shape index (κ1) is 24.4. The molecule has 0 atom stereocenters. The number of pyridine rings is 1. The van der Waals surface area contributed by atoms with E-state index < -0.39 is 0 Å². The van der Waals surface area contributed by atoms with Crippen LogP contribution >= 0.6 is 24.0 Å². The fourth-order valence-electron chi connectivity index (χ4n) is 3.50. The van der Waals surface area contributed by atoms with Gasteiger partial charge in [0.05, 0.1) is 12.2 Å². The number of rotatable bonds is 8. The van der Waals surface area contributed by atoms with Crippen molar-refractivity contribution in [3.8, 4) is 0 Å². The molecule has 1 aliphatic heterocycles. The molecular formula is C21H34IN7O. The summed E-state index contributed by atoms with van der Waals surface area (Å²) in [5.74, 6) is 2.00. The molecule has 0 aliphatic carbocycles. The summed E-state index contributed by atoms with van der Waals surface area (Å²) in [5, 5.41) is 7.44. The van der Waals surface area contributed by atoms with Crippen LogP contribution in [0.4, 0.5) is 5.82 Å². The van der Waals surface area contributed by atoms with Crippen molar-refractivity contribution in [3.05, 3.63) is 41.9 Å². The first-order chi connectivity index (χ1) is 14.2. The molecule has 1 fully saturated rings. The first-order valence-electron chi connectivity index (χ1n) is 10.6. The Hall–Kier alpha value is -1.88. The molecule has 1 aliphatic rings. The van der Waals surface area contributed by atoms with Crippen LogP contribution in [0.15, 0.2) is 40.2 Å². The van der Waals surface area contributed by atoms with Crippen molar-refractivity contribution < 1.29 is 4.52 Å². The van der Waals surface area contributed by atoms with Crippen molar-refractivity contribution in [3.63, 3.8) is 0 Å². The fraction of sp³-hybridized carbons (Fsp3) is 0.571. The zero-order valence-electron chi connectivity index (χ0n) is 18.3. The number of nitrogens with one attached hydrogen (secondary N) is 1. The van der Waals surface area contributed by atoms with Gasteiger partial charge in [0, 0.05) is 64.6 Å².